The average molecular weight is 369 g/mol. The minimum Gasteiger partial charge on any atom is -0.492 e. The molecule has 112 valence electrons. The van der Waals surface area contributed by atoms with Crippen molar-refractivity contribution in [2.45, 2.75) is 12.8 Å². The van der Waals surface area contributed by atoms with Crippen molar-refractivity contribution in [1.29, 1.82) is 0 Å². The van der Waals surface area contributed by atoms with Crippen LogP contribution in [0.1, 0.15) is 11.3 Å². The van der Waals surface area contributed by atoms with Gasteiger partial charge in [0.25, 0.3) is 0 Å². The second kappa shape index (κ2) is 8.17. The Morgan fingerprint density at radius 3 is 2.71 bits per heavy atom. The van der Waals surface area contributed by atoms with Crippen molar-refractivity contribution < 1.29 is 9.53 Å². The van der Waals surface area contributed by atoms with E-state index in [9.17, 15) is 4.79 Å². The van der Waals surface area contributed by atoms with E-state index in [-0.39, 0.29) is 5.91 Å². The minimum atomic E-state index is 0.00940. The summed E-state index contributed by atoms with van der Waals surface area (Å²) in [7, 11) is 0. The number of hydrogen-bond donors (Lipinski definition) is 2. The van der Waals surface area contributed by atoms with Crippen LogP contribution >= 0.6 is 27.3 Å². The van der Waals surface area contributed by atoms with Gasteiger partial charge in [0.2, 0.25) is 5.91 Å². The maximum absolute atomic E-state index is 11.9. The summed E-state index contributed by atoms with van der Waals surface area (Å²) in [4.78, 5) is 13.1. The van der Waals surface area contributed by atoms with E-state index in [0.717, 1.165) is 22.3 Å². The van der Waals surface area contributed by atoms with Crippen molar-refractivity contribution >= 4 is 38.9 Å². The van der Waals surface area contributed by atoms with Crippen LogP contribution in [0, 0.1) is 0 Å². The van der Waals surface area contributed by atoms with E-state index >= 15 is 0 Å². The van der Waals surface area contributed by atoms with Crippen LogP contribution in [0.3, 0.4) is 0 Å². The number of carbonyl (C=O) groups excluding carboxylic acids is 1. The predicted octanol–water partition coefficient (Wildman–Crippen LogP) is 3.42. The summed E-state index contributed by atoms with van der Waals surface area (Å²) >= 11 is 5.06. The molecule has 2 aromatic rings. The second-order valence-electron chi connectivity index (χ2n) is 4.44. The lowest BCUT2D eigenvalue weighted by Crippen LogP contribution is -2.12. The summed E-state index contributed by atoms with van der Waals surface area (Å²) in [6.45, 7) is 0.972. The van der Waals surface area contributed by atoms with Crippen molar-refractivity contribution in [3.05, 3.63) is 45.1 Å². The molecule has 0 spiro atoms. The van der Waals surface area contributed by atoms with E-state index in [0.29, 0.717) is 19.6 Å². The zero-order chi connectivity index (χ0) is 15.1. The monoisotopic (exact) mass is 368 g/mol. The molecule has 1 aromatic heterocycles. The fraction of sp³-hybridized carbons (Fsp3) is 0.267. The molecule has 0 saturated carbocycles. The molecule has 3 N–H and O–H groups in total. The predicted molar refractivity (Wildman–Crippen MR) is 90.0 cm³/mol. The molecular weight excluding hydrogens is 352 g/mol. The van der Waals surface area contributed by atoms with E-state index in [1.54, 1.807) is 11.3 Å². The molecule has 21 heavy (non-hydrogen) atoms. The summed E-state index contributed by atoms with van der Waals surface area (Å²) in [5, 5.41) is 4.90. The molecule has 0 radical (unpaired) electrons. The molecule has 1 heterocycles. The van der Waals surface area contributed by atoms with Gasteiger partial charge in [-0.25, -0.2) is 0 Å². The average Bonchev–Trinajstić information content (AvgIpc) is 2.90. The van der Waals surface area contributed by atoms with E-state index < -0.39 is 0 Å². The number of anilines is 1. The Balaban J connectivity index is 1.79. The Kier molecular flexibility index (Phi) is 6.22. The fourth-order valence-corrected chi connectivity index (χ4v) is 3.21. The molecule has 0 aliphatic carbocycles. The first-order chi connectivity index (χ1) is 10.2. The molecule has 1 amide bonds. The highest BCUT2D eigenvalue weighted by atomic mass is 79.9. The Labute approximate surface area is 136 Å². The van der Waals surface area contributed by atoms with E-state index in [2.05, 4.69) is 21.2 Å². The summed E-state index contributed by atoms with van der Waals surface area (Å²) in [6.07, 6.45) is 1.22. The van der Waals surface area contributed by atoms with Crippen molar-refractivity contribution in [2.24, 2.45) is 5.73 Å². The van der Waals surface area contributed by atoms with Gasteiger partial charge in [0.15, 0.2) is 0 Å². The van der Waals surface area contributed by atoms with Crippen LogP contribution in [-0.4, -0.2) is 19.1 Å². The third kappa shape index (κ3) is 5.49. The number of hydrogen-bond acceptors (Lipinski definition) is 4. The molecule has 1 aromatic carbocycles. The highest BCUT2D eigenvalue weighted by Gasteiger charge is 2.05. The number of nitrogens with one attached hydrogen (secondary N) is 1. The topological polar surface area (TPSA) is 64.3 Å². The smallest absolute Gasteiger partial charge is 0.224 e. The standard InChI is InChI=1S/C15H17BrN2O2S/c16-11-9-14(21-10-11)5-6-15(19)18-12-1-3-13(4-2-12)20-8-7-17/h1-4,9-10H,5-8,17H2,(H,18,19). The lowest BCUT2D eigenvalue weighted by molar-refractivity contribution is -0.116. The second-order valence-corrected chi connectivity index (χ2v) is 6.35. The molecule has 4 nitrogen and oxygen atoms in total. The highest BCUT2D eigenvalue weighted by molar-refractivity contribution is 9.10. The fourth-order valence-electron chi connectivity index (χ4n) is 1.76. The lowest BCUT2D eigenvalue weighted by Gasteiger charge is -2.07. The number of benzene rings is 1. The molecule has 0 bridgehead atoms. The molecule has 2 rings (SSSR count). The number of nitrogens with two attached hydrogens (primary N) is 1. The number of halogens is 1. The molecule has 6 heteroatoms. The number of rotatable bonds is 7. The Hall–Kier alpha value is -1.37. The summed E-state index contributed by atoms with van der Waals surface area (Å²) in [5.41, 5.74) is 6.14. The van der Waals surface area contributed by atoms with Gasteiger partial charge in [-0.05, 0) is 52.7 Å². The Morgan fingerprint density at radius 2 is 2.10 bits per heavy atom. The number of aryl methyl sites for hydroxylation is 1. The van der Waals surface area contributed by atoms with Crippen LogP contribution in [0.5, 0.6) is 5.75 Å². The summed E-state index contributed by atoms with van der Waals surface area (Å²) in [5.74, 6) is 0.761. The van der Waals surface area contributed by atoms with Crippen molar-refractivity contribution in [3.63, 3.8) is 0 Å². The molecular formula is C15H17BrN2O2S. The summed E-state index contributed by atoms with van der Waals surface area (Å²) < 4.78 is 6.45. The van der Waals surface area contributed by atoms with E-state index in [1.807, 2.05) is 35.7 Å². The quantitative estimate of drug-likeness (QED) is 0.786. The molecule has 0 aliphatic heterocycles. The molecule has 0 fully saturated rings. The van der Waals surface area contributed by atoms with Gasteiger partial charge >= 0.3 is 0 Å². The van der Waals surface area contributed by atoms with Crippen LogP contribution < -0.4 is 15.8 Å². The van der Waals surface area contributed by atoms with Gasteiger partial charge in [-0.1, -0.05) is 0 Å². The zero-order valence-corrected chi connectivity index (χ0v) is 13.9. The van der Waals surface area contributed by atoms with Gasteiger partial charge in [0.05, 0.1) is 0 Å². The first kappa shape index (κ1) is 16.0. The van der Waals surface area contributed by atoms with Gasteiger partial charge < -0.3 is 15.8 Å². The Bertz CT molecular complexity index is 584. The lowest BCUT2D eigenvalue weighted by atomic mass is 10.2. The van der Waals surface area contributed by atoms with Gasteiger partial charge in [-0.3, -0.25) is 4.79 Å². The highest BCUT2D eigenvalue weighted by Crippen LogP contribution is 2.21. The molecule has 0 aliphatic rings. The number of carbonyl (C=O) groups is 1. The van der Waals surface area contributed by atoms with Crippen LogP contribution in [0.25, 0.3) is 0 Å². The van der Waals surface area contributed by atoms with Crippen LogP contribution in [0.2, 0.25) is 0 Å². The van der Waals surface area contributed by atoms with Crippen molar-refractivity contribution in [3.8, 4) is 5.75 Å². The number of ether oxygens (including phenoxy) is 1. The van der Waals surface area contributed by atoms with Crippen molar-refractivity contribution in [2.75, 3.05) is 18.5 Å². The van der Waals surface area contributed by atoms with Crippen LogP contribution in [-0.2, 0) is 11.2 Å². The maximum atomic E-state index is 11.9. The first-order valence-corrected chi connectivity index (χ1v) is 8.30. The van der Waals surface area contributed by atoms with E-state index in [1.165, 1.54) is 4.88 Å². The molecule has 0 unspecified atom stereocenters. The first-order valence-electron chi connectivity index (χ1n) is 6.63. The molecule has 0 saturated heterocycles. The summed E-state index contributed by atoms with van der Waals surface area (Å²) in [6, 6.07) is 9.34. The largest absolute Gasteiger partial charge is 0.492 e. The van der Waals surface area contributed by atoms with Gasteiger partial charge in [0.1, 0.15) is 12.4 Å². The minimum absolute atomic E-state index is 0.00940. The number of thiophene rings is 1. The van der Waals surface area contributed by atoms with E-state index in [4.69, 9.17) is 10.5 Å². The zero-order valence-electron chi connectivity index (χ0n) is 11.5. The normalized spacial score (nSPS) is 10.4. The maximum Gasteiger partial charge on any atom is 0.224 e. The number of amides is 1. The van der Waals surface area contributed by atoms with Gasteiger partial charge in [-0.2, -0.15) is 0 Å². The SMILES string of the molecule is NCCOc1ccc(NC(=O)CCc2cc(Br)cs2)cc1. The van der Waals surface area contributed by atoms with Crippen molar-refractivity contribution in [1.82, 2.24) is 0 Å². The van der Waals surface area contributed by atoms with Crippen LogP contribution in [0.15, 0.2) is 40.2 Å². The Morgan fingerprint density at radius 1 is 1.33 bits per heavy atom. The third-order valence-corrected chi connectivity index (χ3v) is 4.50. The van der Waals surface area contributed by atoms with Gasteiger partial charge in [0, 0.05) is 33.4 Å². The molecule has 0 atom stereocenters. The van der Waals surface area contributed by atoms with Gasteiger partial charge in [-0.15, -0.1) is 11.3 Å². The third-order valence-electron chi connectivity index (χ3n) is 2.74. The van der Waals surface area contributed by atoms with Crippen LogP contribution in [0.4, 0.5) is 5.69 Å².